The molecular formula is C14H31N2O3. The number of nitrogens with two attached hydrogens (primary N) is 2. The van der Waals surface area contributed by atoms with Gasteiger partial charge in [-0.25, -0.2) is 0 Å². The van der Waals surface area contributed by atoms with Gasteiger partial charge in [-0.3, -0.25) is 0 Å². The molecule has 0 aliphatic carbocycles. The molecule has 0 rings (SSSR count). The van der Waals surface area contributed by atoms with Crippen molar-refractivity contribution < 1.29 is 15.3 Å². The number of rotatable bonds is 10. The predicted octanol–water partition coefficient (Wildman–Crippen LogP) is 0.517. The van der Waals surface area contributed by atoms with E-state index in [0.717, 1.165) is 25.2 Å². The molecule has 5 heteroatoms. The second-order valence-electron chi connectivity index (χ2n) is 5.84. The third-order valence-electron chi connectivity index (χ3n) is 4.42. The zero-order chi connectivity index (χ0) is 15.1. The van der Waals surface area contributed by atoms with Crippen LogP contribution in [0.5, 0.6) is 0 Å². The van der Waals surface area contributed by atoms with E-state index in [9.17, 15) is 5.11 Å². The third-order valence-corrected chi connectivity index (χ3v) is 4.42. The van der Waals surface area contributed by atoms with E-state index in [1.807, 2.05) is 13.8 Å². The molecule has 2 unspecified atom stereocenters. The highest BCUT2D eigenvalue weighted by molar-refractivity contribution is 5.10. The van der Waals surface area contributed by atoms with Crippen LogP contribution in [0.4, 0.5) is 0 Å². The van der Waals surface area contributed by atoms with E-state index in [2.05, 4.69) is 0 Å². The Hall–Kier alpha value is -0.200. The van der Waals surface area contributed by atoms with Crippen LogP contribution in [-0.2, 0) is 0 Å². The fourth-order valence-electron chi connectivity index (χ4n) is 2.58. The Kier molecular flexibility index (Phi) is 8.08. The maximum atomic E-state index is 10.8. The summed E-state index contributed by atoms with van der Waals surface area (Å²) in [5.74, 6) is 1.14. The van der Waals surface area contributed by atoms with Crippen LogP contribution in [0.2, 0.25) is 0 Å². The van der Waals surface area contributed by atoms with E-state index >= 15 is 0 Å². The molecule has 7 N–H and O–H groups in total. The average molecular weight is 275 g/mol. The molecular weight excluding hydrogens is 244 g/mol. The van der Waals surface area contributed by atoms with Crippen molar-refractivity contribution in [3.05, 3.63) is 5.92 Å². The Bertz CT molecular complexity index is 247. The largest absolute Gasteiger partial charge is 0.390 e. The van der Waals surface area contributed by atoms with Gasteiger partial charge in [0.15, 0.2) is 6.29 Å². The fraction of sp³-hybridized carbons (Fsp3) is 0.929. The van der Waals surface area contributed by atoms with E-state index in [-0.39, 0.29) is 6.42 Å². The van der Waals surface area contributed by atoms with Gasteiger partial charge < -0.3 is 26.8 Å². The maximum Gasteiger partial charge on any atom is 0.151 e. The molecule has 0 fully saturated rings. The first-order valence-electron chi connectivity index (χ1n) is 7.03. The van der Waals surface area contributed by atoms with Gasteiger partial charge in [0.05, 0.1) is 5.60 Å². The summed E-state index contributed by atoms with van der Waals surface area (Å²) in [7, 11) is 0. The normalized spacial score (nSPS) is 18.6. The Morgan fingerprint density at radius 3 is 2.11 bits per heavy atom. The zero-order valence-electron chi connectivity index (χ0n) is 12.5. The monoisotopic (exact) mass is 275 g/mol. The lowest BCUT2D eigenvalue weighted by atomic mass is 9.61. The zero-order valence-corrected chi connectivity index (χ0v) is 12.5. The van der Waals surface area contributed by atoms with Crippen LogP contribution in [0.1, 0.15) is 52.9 Å². The van der Waals surface area contributed by atoms with Crippen molar-refractivity contribution in [2.24, 2.45) is 16.9 Å². The summed E-state index contributed by atoms with van der Waals surface area (Å²) < 4.78 is 0. The standard InChI is InChI=1S/C14H31N2O3/c1-11(6-10-16)13(2,7-4-9-15)14(3,19)8-5-12(17)18/h12,17-19H,4-10,15-16H2,1-3H3. The van der Waals surface area contributed by atoms with Crippen molar-refractivity contribution in [2.45, 2.75) is 64.8 Å². The van der Waals surface area contributed by atoms with Crippen LogP contribution in [0.3, 0.4) is 0 Å². The number of aliphatic hydroxyl groups excluding tert-OH is 1. The first kappa shape index (κ1) is 18.8. The molecule has 2 atom stereocenters. The minimum absolute atomic E-state index is 0.154. The van der Waals surface area contributed by atoms with Gasteiger partial charge in [-0.15, -0.1) is 0 Å². The molecule has 0 saturated heterocycles. The van der Waals surface area contributed by atoms with Crippen molar-refractivity contribution in [1.29, 1.82) is 0 Å². The summed E-state index contributed by atoms with van der Waals surface area (Å²) in [4.78, 5) is 0. The molecule has 0 aromatic rings. The van der Waals surface area contributed by atoms with Crippen molar-refractivity contribution >= 4 is 0 Å². The molecule has 0 spiro atoms. The van der Waals surface area contributed by atoms with Crippen molar-refractivity contribution in [1.82, 2.24) is 0 Å². The minimum atomic E-state index is -1.39. The van der Waals surface area contributed by atoms with Crippen LogP contribution in [0.25, 0.3) is 0 Å². The van der Waals surface area contributed by atoms with E-state index in [4.69, 9.17) is 21.7 Å². The minimum Gasteiger partial charge on any atom is -0.390 e. The van der Waals surface area contributed by atoms with Crippen LogP contribution in [0, 0.1) is 11.3 Å². The van der Waals surface area contributed by atoms with Crippen molar-refractivity contribution in [2.75, 3.05) is 13.1 Å². The Morgan fingerprint density at radius 1 is 1.11 bits per heavy atom. The van der Waals surface area contributed by atoms with E-state index in [1.54, 1.807) is 6.92 Å². The second-order valence-corrected chi connectivity index (χ2v) is 5.84. The Balaban J connectivity index is 4.96. The first-order valence-corrected chi connectivity index (χ1v) is 7.03. The molecule has 0 saturated carbocycles. The quantitative estimate of drug-likeness (QED) is 0.373. The van der Waals surface area contributed by atoms with Crippen LogP contribution in [-0.4, -0.2) is 40.3 Å². The summed E-state index contributed by atoms with van der Waals surface area (Å²) in [6.07, 6.45) is 1.42. The Morgan fingerprint density at radius 2 is 1.68 bits per heavy atom. The number of hydrogen-bond donors (Lipinski definition) is 5. The molecule has 0 aromatic carbocycles. The molecule has 0 heterocycles. The molecule has 0 aliphatic heterocycles. The van der Waals surface area contributed by atoms with Gasteiger partial charge in [0, 0.05) is 11.8 Å². The molecule has 0 aromatic heterocycles. The van der Waals surface area contributed by atoms with Gasteiger partial charge in [0.25, 0.3) is 0 Å². The van der Waals surface area contributed by atoms with Crippen molar-refractivity contribution in [3.63, 3.8) is 0 Å². The van der Waals surface area contributed by atoms with Gasteiger partial charge >= 0.3 is 0 Å². The summed E-state index contributed by atoms with van der Waals surface area (Å²) in [6, 6.07) is 0. The van der Waals surface area contributed by atoms with Gasteiger partial charge in [-0.1, -0.05) is 13.8 Å². The first-order chi connectivity index (χ1) is 8.71. The highest BCUT2D eigenvalue weighted by atomic mass is 16.5. The van der Waals surface area contributed by atoms with Crippen molar-refractivity contribution in [3.8, 4) is 0 Å². The summed E-state index contributed by atoms with van der Waals surface area (Å²) in [5.41, 5.74) is 9.77. The summed E-state index contributed by atoms with van der Waals surface area (Å²) >= 11 is 0. The topological polar surface area (TPSA) is 113 Å². The highest BCUT2D eigenvalue weighted by Gasteiger charge is 2.46. The van der Waals surface area contributed by atoms with Crippen LogP contribution < -0.4 is 11.5 Å². The molecule has 115 valence electrons. The lowest BCUT2D eigenvalue weighted by Gasteiger charge is -2.47. The second kappa shape index (κ2) is 8.17. The predicted molar refractivity (Wildman–Crippen MR) is 77.1 cm³/mol. The molecule has 19 heavy (non-hydrogen) atoms. The number of aliphatic hydroxyl groups is 3. The molecule has 0 bridgehead atoms. The maximum absolute atomic E-state index is 10.8. The van der Waals surface area contributed by atoms with E-state index in [0.29, 0.717) is 19.5 Å². The SMILES string of the molecule is C[C](CCN)C(C)(CCCN)C(C)(O)CCC(O)O. The van der Waals surface area contributed by atoms with Gasteiger partial charge in [-0.05, 0) is 51.6 Å². The smallest absolute Gasteiger partial charge is 0.151 e. The summed E-state index contributed by atoms with van der Waals surface area (Å²) in [5, 5.41) is 28.8. The molecule has 5 nitrogen and oxygen atoms in total. The molecule has 0 aliphatic rings. The lowest BCUT2D eigenvalue weighted by Crippen LogP contribution is -2.48. The lowest BCUT2D eigenvalue weighted by molar-refractivity contribution is -0.0998. The van der Waals surface area contributed by atoms with E-state index < -0.39 is 17.3 Å². The highest BCUT2D eigenvalue weighted by Crippen LogP contribution is 2.47. The van der Waals surface area contributed by atoms with Gasteiger partial charge in [0.2, 0.25) is 0 Å². The molecule has 0 amide bonds. The van der Waals surface area contributed by atoms with Gasteiger partial charge in [0.1, 0.15) is 0 Å². The summed E-state index contributed by atoms with van der Waals surface area (Å²) in [6.45, 7) is 6.89. The van der Waals surface area contributed by atoms with E-state index in [1.165, 1.54) is 0 Å². The average Bonchev–Trinajstić information content (AvgIpc) is 2.33. The fourth-order valence-corrected chi connectivity index (χ4v) is 2.58. The Labute approximate surface area is 117 Å². The van der Waals surface area contributed by atoms with Crippen LogP contribution in [0.15, 0.2) is 0 Å². The third kappa shape index (κ3) is 5.36. The number of hydrogen-bond acceptors (Lipinski definition) is 5. The van der Waals surface area contributed by atoms with Gasteiger partial charge in [-0.2, -0.15) is 0 Å². The molecule has 1 radical (unpaired) electrons. The van der Waals surface area contributed by atoms with Crippen LogP contribution >= 0.6 is 0 Å².